The molecular weight excluding hydrogens is 332 g/mol. The van der Waals surface area contributed by atoms with E-state index in [0.29, 0.717) is 28.0 Å². The smallest absolute Gasteiger partial charge is 0.259 e. The molecule has 24 heavy (non-hydrogen) atoms. The fourth-order valence-corrected chi connectivity index (χ4v) is 2.14. The van der Waals surface area contributed by atoms with Gasteiger partial charge in [-0.15, -0.1) is 0 Å². The maximum Gasteiger partial charge on any atom is 0.259 e. The minimum atomic E-state index is -0.330. The molecule has 0 bridgehead atoms. The van der Waals surface area contributed by atoms with Crippen LogP contribution < -0.4 is 9.47 Å². The van der Waals surface area contributed by atoms with Crippen LogP contribution in [0.3, 0.4) is 0 Å². The van der Waals surface area contributed by atoms with Gasteiger partial charge >= 0.3 is 0 Å². The van der Waals surface area contributed by atoms with E-state index in [9.17, 15) is 5.11 Å². The highest BCUT2D eigenvalue weighted by Gasteiger charge is 2.17. The Balaban J connectivity index is 1.98. The van der Waals surface area contributed by atoms with Crippen molar-refractivity contribution in [1.82, 2.24) is 19.9 Å². The Morgan fingerprint density at radius 2 is 1.83 bits per heavy atom. The van der Waals surface area contributed by atoms with Crippen LogP contribution >= 0.6 is 11.6 Å². The molecule has 2 aromatic heterocycles. The topological polar surface area (TPSA) is 90.3 Å². The lowest BCUT2D eigenvalue weighted by molar-refractivity contribution is 0.385. The Bertz CT molecular complexity index is 851. The molecule has 0 amide bonds. The van der Waals surface area contributed by atoms with Crippen molar-refractivity contribution in [2.75, 3.05) is 7.11 Å². The lowest BCUT2D eigenvalue weighted by atomic mass is 10.3. The van der Waals surface area contributed by atoms with Gasteiger partial charge in [-0.05, 0) is 25.1 Å². The molecule has 1 aromatic carbocycles. The van der Waals surface area contributed by atoms with Crippen LogP contribution in [0.4, 0.5) is 0 Å². The van der Waals surface area contributed by atoms with Gasteiger partial charge in [-0.25, -0.2) is 15.0 Å². The third-order valence-corrected chi connectivity index (χ3v) is 3.45. The first-order chi connectivity index (χ1) is 11.6. The summed E-state index contributed by atoms with van der Waals surface area (Å²) in [5.41, 5.74) is 0.420. The van der Waals surface area contributed by atoms with Crippen LogP contribution in [0.15, 0.2) is 36.7 Å². The molecule has 8 heteroatoms. The number of ether oxygens (including phenoxy) is 2. The Morgan fingerprint density at radius 1 is 1.08 bits per heavy atom. The normalized spacial score (nSPS) is 10.5. The molecule has 3 aromatic rings. The highest BCUT2D eigenvalue weighted by molar-refractivity contribution is 6.32. The second-order valence-corrected chi connectivity index (χ2v) is 5.16. The average molecular weight is 345 g/mol. The molecule has 0 radical (unpaired) electrons. The molecule has 0 atom stereocenters. The van der Waals surface area contributed by atoms with Crippen LogP contribution in [0.25, 0.3) is 11.6 Å². The van der Waals surface area contributed by atoms with Crippen LogP contribution in [0.1, 0.15) is 5.69 Å². The summed E-state index contributed by atoms with van der Waals surface area (Å²) in [6.45, 7) is 1.68. The van der Waals surface area contributed by atoms with Crippen LogP contribution in [0.2, 0.25) is 5.02 Å². The molecule has 0 saturated heterocycles. The summed E-state index contributed by atoms with van der Waals surface area (Å²) < 4.78 is 10.8. The lowest BCUT2D eigenvalue weighted by Gasteiger charge is -2.12. The number of aromatic hydroxyl groups is 1. The first-order valence-corrected chi connectivity index (χ1v) is 7.32. The predicted octanol–water partition coefficient (Wildman–Crippen LogP) is 3.40. The first-order valence-electron chi connectivity index (χ1n) is 6.95. The van der Waals surface area contributed by atoms with Crippen LogP contribution in [0.5, 0.6) is 23.1 Å². The number of aryl methyl sites for hydroxylation is 1. The average Bonchev–Trinajstić information content (AvgIpc) is 2.60. The largest absolute Gasteiger partial charge is 0.497 e. The Hall–Kier alpha value is -2.93. The summed E-state index contributed by atoms with van der Waals surface area (Å²) in [5, 5.41) is 10.6. The van der Waals surface area contributed by atoms with E-state index < -0.39 is 0 Å². The third-order valence-electron chi connectivity index (χ3n) is 3.13. The van der Waals surface area contributed by atoms with Crippen molar-refractivity contribution in [2.45, 2.75) is 6.92 Å². The van der Waals surface area contributed by atoms with Gasteiger partial charge in [0, 0.05) is 18.5 Å². The summed E-state index contributed by atoms with van der Waals surface area (Å²) in [5.74, 6) is 1.17. The second-order valence-electron chi connectivity index (χ2n) is 4.76. The summed E-state index contributed by atoms with van der Waals surface area (Å²) in [4.78, 5) is 16.4. The van der Waals surface area contributed by atoms with Gasteiger partial charge in [0.25, 0.3) is 5.88 Å². The molecule has 0 aliphatic heterocycles. The Kier molecular flexibility index (Phi) is 4.43. The van der Waals surface area contributed by atoms with Gasteiger partial charge in [-0.2, -0.15) is 4.98 Å². The molecule has 1 N–H and O–H groups in total. The number of rotatable bonds is 4. The third kappa shape index (κ3) is 3.21. The Morgan fingerprint density at radius 3 is 2.50 bits per heavy atom. The molecule has 3 rings (SSSR count). The van der Waals surface area contributed by atoms with E-state index in [2.05, 4.69) is 19.9 Å². The number of hydrogen-bond donors (Lipinski definition) is 1. The number of nitrogens with zero attached hydrogens (tertiary/aromatic N) is 4. The Labute approximate surface area is 142 Å². The van der Waals surface area contributed by atoms with E-state index in [0.717, 1.165) is 0 Å². The fraction of sp³-hybridized carbons (Fsp3) is 0.125. The van der Waals surface area contributed by atoms with E-state index in [1.807, 2.05) is 0 Å². The molecule has 0 unspecified atom stereocenters. The van der Waals surface area contributed by atoms with E-state index in [1.165, 1.54) is 7.11 Å². The van der Waals surface area contributed by atoms with E-state index in [4.69, 9.17) is 21.1 Å². The molecular formula is C16H13ClN4O3. The van der Waals surface area contributed by atoms with E-state index in [1.54, 1.807) is 43.6 Å². The predicted molar refractivity (Wildman–Crippen MR) is 87.5 cm³/mol. The number of halogens is 1. The zero-order chi connectivity index (χ0) is 17.1. The molecule has 7 nitrogen and oxygen atoms in total. The number of benzene rings is 1. The van der Waals surface area contributed by atoms with Crippen molar-refractivity contribution in [3.05, 3.63) is 47.4 Å². The van der Waals surface area contributed by atoms with Gasteiger partial charge in [-0.1, -0.05) is 11.6 Å². The van der Waals surface area contributed by atoms with Gasteiger partial charge in [0.05, 0.1) is 17.8 Å². The molecule has 0 spiro atoms. The van der Waals surface area contributed by atoms with Crippen LogP contribution in [0, 0.1) is 6.92 Å². The minimum absolute atomic E-state index is 0.102. The van der Waals surface area contributed by atoms with Crippen LogP contribution in [-0.2, 0) is 0 Å². The maximum atomic E-state index is 10.2. The van der Waals surface area contributed by atoms with Crippen molar-refractivity contribution in [3.63, 3.8) is 0 Å². The molecule has 122 valence electrons. The van der Waals surface area contributed by atoms with E-state index >= 15 is 0 Å². The van der Waals surface area contributed by atoms with Gasteiger partial charge < -0.3 is 14.6 Å². The zero-order valence-electron chi connectivity index (χ0n) is 12.9. The van der Waals surface area contributed by atoms with Crippen molar-refractivity contribution in [3.8, 4) is 34.8 Å². The van der Waals surface area contributed by atoms with Crippen molar-refractivity contribution in [2.24, 2.45) is 0 Å². The quantitative estimate of drug-likeness (QED) is 0.775. The minimum Gasteiger partial charge on any atom is -0.497 e. The van der Waals surface area contributed by atoms with Crippen molar-refractivity contribution in [1.29, 1.82) is 0 Å². The van der Waals surface area contributed by atoms with E-state index in [-0.39, 0.29) is 17.5 Å². The molecule has 2 heterocycles. The summed E-state index contributed by atoms with van der Waals surface area (Å²) in [6.07, 6.45) is 3.14. The van der Waals surface area contributed by atoms with Gasteiger partial charge in [-0.3, -0.25) is 0 Å². The number of hydrogen-bond acceptors (Lipinski definition) is 7. The summed E-state index contributed by atoms with van der Waals surface area (Å²) in [7, 11) is 1.54. The lowest BCUT2D eigenvalue weighted by Crippen LogP contribution is -2.00. The fourth-order valence-electron chi connectivity index (χ4n) is 1.98. The number of aromatic nitrogens is 4. The van der Waals surface area contributed by atoms with Gasteiger partial charge in [0.2, 0.25) is 11.6 Å². The second kappa shape index (κ2) is 6.67. The number of methoxy groups -OCH3 is 1. The monoisotopic (exact) mass is 344 g/mol. The maximum absolute atomic E-state index is 10.2. The van der Waals surface area contributed by atoms with Crippen LogP contribution in [-0.4, -0.2) is 32.2 Å². The molecule has 0 saturated carbocycles. The van der Waals surface area contributed by atoms with Gasteiger partial charge in [0.1, 0.15) is 11.5 Å². The zero-order valence-corrected chi connectivity index (χ0v) is 13.7. The first kappa shape index (κ1) is 15.9. The summed E-state index contributed by atoms with van der Waals surface area (Å²) >= 11 is 6.11. The standard InChI is InChI=1S/C16H13ClN4O3/c1-9-13(24-12-8-10(23-2)4-5-11(12)17)16(22)21-15(20-9)14-18-6-3-7-19-14/h3-8H,1-2H3,(H,20,21,22). The van der Waals surface area contributed by atoms with Gasteiger partial charge in [0.15, 0.2) is 5.82 Å². The molecule has 0 aliphatic carbocycles. The SMILES string of the molecule is COc1ccc(Cl)c(Oc2c(C)nc(-c3ncccn3)nc2O)c1. The van der Waals surface area contributed by atoms with Crippen molar-refractivity contribution >= 4 is 11.6 Å². The summed E-state index contributed by atoms with van der Waals surface area (Å²) in [6, 6.07) is 6.62. The molecule has 0 fully saturated rings. The highest BCUT2D eigenvalue weighted by atomic mass is 35.5. The highest BCUT2D eigenvalue weighted by Crippen LogP contribution is 2.37. The molecule has 0 aliphatic rings. The van der Waals surface area contributed by atoms with Crippen molar-refractivity contribution < 1.29 is 14.6 Å².